The minimum absolute atomic E-state index is 0.156. The Morgan fingerprint density at radius 3 is 2.71 bits per heavy atom. The van der Waals surface area contributed by atoms with Crippen molar-refractivity contribution in [3.63, 3.8) is 0 Å². The molecular formula is C10H14ClN5O. The lowest BCUT2D eigenvalue weighted by molar-refractivity contribution is 0.122. The first kappa shape index (κ1) is 12.1. The Hall–Kier alpha value is -1.40. The molecule has 1 saturated heterocycles. The summed E-state index contributed by atoms with van der Waals surface area (Å²) in [5.41, 5.74) is 1.22. The van der Waals surface area contributed by atoms with Crippen LogP contribution in [-0.4, -0.2) is 49.5 Å². The maximum absolute atomic E-state index is 7.34. The second kappa shape index (κ2) is 5.29. The van der Waals surface area contributed by atoms with Gasteiger partial charge in [0.05, 0.1) is 13.2 Å². The van der Waals surface area contributed by atoms with Crippen LogP contribution in [-0.2, 0) is 4.74 Å². The number of rotatable bonds is 3. The van der Waals surface area contributed by atoms with Crippen molar-refractivity contribution >= 4 is 29.3 Å². The molecule has 0 spiro atoms. The maximum Gasteiger partial charge on any atom is 0.225 e. The quantitative estimate of drug-likeness (QED) is 0.623. The molecule has 0 saturated carbocycles. The molecule has 1 aromatic rings. The molecule has 1 aliphatic rings. The fourth-order valence-corrected chi connectivity index (χ4v) is 1.96. The normalized spacial score (nSPS) is 15.8. The van der Waals surface area contributed by atoms with Crippen LogP contribution in [0.15, 0.2) is 0 Å². The van der Waals surface area contributed by atoms with Gasteiger partial charge in [0.15, 0.2) is 5.82 Å². The van der Waals surface area contributed by atoms with Crippen LogP contribution in [0.25, 0.3) is 0 Å². The highest BCUT2D eigenvalue weighted by Crippen LogP contribution is 2.27. The van der Waals surface area contributed by atoms with Gasteiger partial charge in [-0.1, -0.05) is 0 Å². The molecule has 6 nitrogen and oxygen atoms in total. The summed E-state index contributed by atoms with van der Waals surface area (Å²) in [7, 11) is 1.78. The number of hydrogen-bond donors (Lipinski definition) is 2. The molecule has 7 heteroatoms. The molecule has 0 aromatic carbocycles. The second-order valence-electron chi connectivity index (χ2n) is 3.57. The summed E-state index contributed by atoms with van der Waals surface area (Å²) < 4.78 is 5.30. The predicted octanol–water partition coefficient (Wildman–Crippen LogP) is 1.01. The molecule has 2 rings (SSSR count). The third kappa shape index (κ3) is 2.48. The second-order valence-corrected chi connectivity index (χ2v) is 3.91. The van der Waals surface area contributed by atoms with Gasteiger partial charge in [-0.25, -0.2) is 4.98 Å². The van der Waals surface area contributed by atoms with Gasteiger partial charge in [-0.15, -0.1) is 0 Å². The zero-order chi connectivity index (χ0) is 12.3. The topological polar surface area (TPSA) is 74.1 Å². The van der Waals surface area contributed by atoms with Crippen LogP contribution in [0.5, 0.6) is 0 Å². The minimum atomic E-state index is 0.156. The highest BCUT2D eigenvalue weighted by atomic mass is 35.5. The maximum atomic E-state index is 7.34. The standard InChI is InChI=1S/C10H14ClN5O/c1-13-8-7(6-12)14-10(11)15-9(8)16-2-4-17-5-3-16/h6,12-13H,2-5H2,1H3. The van der Waals surface area contributed by atoms with Crippen LogP contribution in [0.2, 0.25) is 5.28 Å². The molecule has 2 heterocycles. The SMILES string of the molecule is CNc1c(C=N)nc(Cl)nc1N1CCOCC1. The summed E-state index contributed by atoms with van der Waals surface area (Å²) in [6, 6.07) is 0. The number of anilines is 2. The zero-order valence-corrected chi connectivity index (χ0v) is 10.3. The largest absolute Gasteiger partial charge is 0.383 e. The summed E-state index contributed by atoms with van der Waals surface area (Å²) in [6.07, 6.45) is 1.17. The van der Waals surface area contributed by atoms with Crippen LogP contribution in [0.3, 0.4) is 0 Å². The molecule has 1 aliphatic heterocycles. The molecular weight excluding hydrogens is 242 g/mol. The fraction of sp³-hybridized carbons (Fsp3) is 0.500. The lowest BCUT2D eigenvalue weighted by atomic mass is 10.3. The fourth-order valence-electron chi connectivity index (χ4n) is 1.79. The molecule has 92 valence electrons. The Labute approximate surface area is 104 Å². The molecule has 0 radical (unpaired) electrons. The van der Waals surface area contributed by atoms with Crippen molar-refractivity contribution in [3.05, 3.63) is 11.0 Å². The Morgan fingerprint density at radius 1 is 1.41 bits per heavy atom. The Morgan fingerprint density at radius 2 is 2.12 bits per heavy atom. The number of morpholine rings is 1. The third-order valence-electron chi connectivity index (χ3n) is 2.59. The average Bonchev–Trinajstić information content (AvgIpc) is 2.38. The van der Waals surface area contributed by atoms with Crippen molar-refractivity contribution in [1.82, 2.24) is 9.97 Å². The summed E-state index contributed by atoms with van der Waals surface area (Å²) in [4.78, 5) is 10.3. The molecule has 1 fully saturated rings. The van der Waals surface area contributed by atoms with Gasteiger partial charge in [-0.05, 0) is 11.6 Å². The summed E-state index contributed by atoms with van der Waals surface area (Å²) in [5.74, 6) is 0.731. The van der Waals surface area contributed by atoms with E-state index >= 15 is 0 Å². The average molecular weight is 256 g/mol. The first-order chi connectivity index (χ1) is 8.26. The van der Waals surface area contributed by atoms with Crippen LogP contribution in [0.4, 0.5) is 11.5 Å². The lowest BCUT2D eigenvalue weighted by Gasteiger charge is -2.29. The molecule has 2 N–H and O–H groups in total. The molecule has 0 atom stereocenters. The first-order valence-electron chi connectivity index (χ1n) is 5.34. The van der Waals surface area contributed by atoms with Crippen molar-refractivity contribution in [2.75, 3.05) is 43.6 Å². The summed E-state index contributed by atoms with van der Waals surface area (Å²) in [5, 5.41) is 10.5. The smallest absolute Gasteiger partial charge is 0.225 e. The van der Waals surface area contributed by atoms with Crippen molar-refractivity contribution < 1.29 is 4.74 Å². The van der Waals surface area contributed by atoms with E-state index in [4.69, 9.17) is 21.7 Å². The van der Waals surface area contributed by atoms with Crippen molar-refractivity contribution in [1.29, 1.82) is 5.41 Å². The van der Waals surface area contributed by atoms with Crippen LogP contribution in [0, 0.1) is 5.41 Å². The van der Waals surface area contributed by atoms with Gasteiger partial charge in [0.1, 0.15) is 11.4 Å². The highest BCUT2D eigenvalue weighted by molar-refractivity contribution is 6.28. The number of aromatic nitrogens is 2. The van der Waals surface area contributed by atoms with E-state index in [0.717, 1.165) is 24.6 Å². The Bertz CT molecular complexity index is 419. The monoisotopic (exact) mass is 255 g/mol. The van der Waals surface area contributed by atoms with E-state index in [2.05, 4.69) is 20.2 Å². The van der Waals surface area contributed by atoms with E-state index in [-0.39, 0.29) is 5.28 Å². The van der Waals surface area contributed by atoms with Crippen LogP contribution in [0.1, 0.15) is 5.69 Å². The van der Waals surface area contributed by atoms with E-state index < -0.39 is 0 Å². The van der Waals surface area contributed by atoms with Gasteiger partial charge < -0.3 is 20.4 Å². The Kier molecular flexibility index (Phi) is 3.75. The molecule has 0 aliphatic carbocycles. The third-order valence-corrected chi connectivity index (χ3v) is 2.76. The molecule has 1 aromatic heterocycles. The zero-order valence-electron chi connectivity index (χ0n) is 9.53. The van der Waals surface area contributed by atoms with Crippen LogP contribution < -0.4 is 10.2 Å². The number of hydrogen-bond acceptors (Lipinski definition) is 6. The van der Waals surface area contributed by atoms with Gasteiger partial charge in [0.2, 0.25) is 5.28 Å². The number of ether oxygens (including phenoxy) is 1. The van der Waals surface area contributed by atoms with Crippen LogP contribution >= 0.6 is 11.6 Å². The first-order valence-corrected chi connectivity index (χ1v) is 5.72. The van der Waals surface area contributed by atoms with Gasteiger partial charge in [0, 0.05) is 26.4 Å². The summed E-state index contributed by atoms with van der Waals surface area (Å²) >= 11 is 5.87. The molecule has 17 heavy (non-hydrogen) atoms. The summed E-state index contributed by atoms with van der Waals surface area (Å²) in [6.45, 7) is 2.87. The molecule has 0 unspecified atom stereocenters. The molecule has 0 bridgehead atoms. The predicted molar refractivity (Wildman–Crippen MR) is 67.5 cm³/mol. The van der Waals surface area contributed by atoms with Gasteiger partial charge in [0.25, 0.3) is 0 Å². The van der Waals surface area contributed by atoms with Gasteiger partial charge in [-0.2, -0.15) is 4.98 Å². The van der Waals surface area contributed by atoms with Crippen molar-refractivity contribution in [2.24, 2.45) is 0 Å². The number of nitrogens with one attached hydrogen (secondary N) is 2. The van der Waals surface area contributed by atoms with Gasteiger partial charge in [-0.3, -0.25) is 0 Å². The van der Waals surface area contributed by atoms with Gasteiger partial charge >= 0.3 is 0 Å². The van der Waals surface area contributed by atoms with E-state index in [1.807, 2.05) is 0 Å². The van der Waals surface area contributed by atoms with Crippen molar-refractivity contribution in [2.45, 2.75) is 0 Å². The van der Waals surface area contributed by atoms with E-state index in [0.29, 0.717) is 18.9 Å². The van der Waals surface area contributed by atoms with E-state index in [1.54, 1.807) is 7.05 Å². The van der Waals surface area contributed by atoms with Crippen molar-refractivity contribution in [3.8, 4) is 0 Å². The molecule has 0 amide bonds. The lowest BCUT2D eigenvalue weighted by Crippen LogP contribution is -2.37. The highest BCUT2D eigenvalue weighted by Gasteiger charge is 2.19. The minimum Gasteiger partial charge on any atom is -0.383 e. The number of nitrogens with zero attached hydrogens (tertiary/aromatic N) is 3. The van der Waals surface area contributed by atoms with E-state index in [9.17, 15) is 0 Å². The number of halogens is 1. The Balaban J connectivity index is 2.42. The van der Waals surface area contributed by atoms with E-state index in [1.165, 1.54) is 6.21 Å².